The van der Waals surface area contributed by atoms with Crippen LogP contribution >= 0.6 is 47.1 Å². The number of carbonyl (C=O) groups excluding carboxylic acids is 1. The van der Waals surface area contributed by atoms with Gasteiger partial charge in [0.25, 0.3) is 0 Å². The van der Waals surface area contributed by atoms with Gasteiger partial charge in [-0.15, -0.1) is 10.2 Å². The average molecular weight is 400 g/mol. The van der Waals surface area contributed by atoms with E-state index in [-0.39, 0.29) is 11.7 Å². The van der Waals surface area contributed by atoms with E-state index < -0.39 is 0 Å². The quantitative estimate of drug-likeness (QED) is 0.372. The van der Waals surface area contributed by atoms with E-state index in [4.69, 9.17) is 12.2 Å². The van der Waals surface area contributed by atoms with Crippen LogP contribution in [-0.4, -0.2) is 33.5 Å². The zero-order chi connectivity index (χ0) is 17.2. The summed E-state index contributed by atoms with van der Waals surface area (Å²) in [5.41, 5.74) is 6.41. The van der Waals surface area contributed by atoms with Gasteiger partial charge in [-0.2, -0.15) is 0 Å². The molecule has 0 spiro atoms. The number of carbonyl (C=O) groups is 1. The standard InChI is InChI=1S/C14H17N5OS4/c1-2-15-12(21)17-16-11(20)9-23-14-19-18-13(24-14)22-8-10-6-4-3-5-7-10/h3-7H,2,8-9H2,1H3,(H,16,20)(H2,15,17,21). The van der Waals surface area contributed by atoms with Gasteiger partial charge in [-0.3, -0.25) is 15.6 Å². The summed E-state index contributed by atoms with van der Waals surface area (Å²) in [4.78, 5) is 11.7. The predicted octanol–water partition coefficient (Wildman–Crippen LogP) is 2.44. The van der Waals surface area contributed by atoms with Crippen molar-refractivity contribution in [2.45, 2.75) is 21.4 Å². The first-order valence-electron chi connectivity index (χ1n) is 7.13. The molecule has 0 aliphatic heterocycles. The van der Waals surface area contributed by atoms with E-state index >= 15 is 0 Å². The van der Waals surface area contributed by atoms with Crippen LogP contribution in [0.4, 0.5) is 0 Å². The number of nitrogens with zero attached hydrogens (tertiary/aromatic N) is 2. The van der Waals surface area contributed by atoms with Crippen LogP contribution in [0, 0.1) is 0 Å². The zero-order valence-corrected chi connectivity index (χ0v) is 16.2. The highest BCUT2D eigenvalue weighted by atomic mass is 32.2. The van der Waals surface area contributed by atoms with Crippen molar-refractivity contribution in [3.8, 4) is 0 Å². The highest BCUT2D eigenvalue weighted by Crippen LogP contribution is 2.30. The number of hydrogen-bond acceptors (Lipinski definition) is 7. The number of nitrogens with one attached hydrogen (secondary N) is 3. The summed E-state index contributed by atoms with van der Waals surface area (Å²) in [6.07, 6.45) is 0. The fraction of sp³-hybridized carbons (Fsp3) is 0.286. The van der Waals surface area contributed by atoms with Gasteiger partial charge in [-0.1, -0.05) is 65.2 Å². The van der Waals surface area contributed by atoms with E-state index in [2.05, 4.69) is 38.5 Å². The number of hydrogen-bond donors (Lipinski definition) is 3. The molecule has 2 aromatic rings. The summed E-state index contributed by atoms with van der Waals surface area (Å²) in [5.74, 6) is 0.931. The van der Waals surface area contributed by atoms with Crippen molar-refractivity contribution >= 4 is 58.1 Å². The van der Waals surface area contributed by atoms with E-state index in [1.807, 2.05) is 25.1 Å². The number of benzene rings is 1. The van der Waals surface area contributed by atoms with Crippen LogP contribution in [0.1, 0.15) is 12.5 Å². The highest BCUT2D eigenvalue weighted by molar-refractivity contribution is 8.03. The van der Waals surface area contributed by atoms with Crippen LogP contribution in [0.15, 0.2) is 39.0 Å². The molecule has 3 N–H and O–H groups in total. The van der Waals surface area contributed by atoms with Crippen LogP contribution in [0.5, 0.6) is 0 Å². The molecule has 1 heterocycles. The van der Waals surface area contributed by atoms with Gasteiger partial charge in [0.1, 0.15) is 0 Å². The Morgan fingerprint density at radius 1 is 1.17 bits per heavy atom. The van der Waals surface area contributed by atoms with Crippen molar-refractivity contribution in [2.75, 3.05) is 12.3 Å². The van der Waals surface area contributed by atoms with E-state index in [1.165, 1.54) is 28.7 Å². The topological polar surface area (TPSA) is 78.9 Å². The zero-order valence-electron chi connectivity index (χ0n) is 12.9. The van der Waals surface area contributed by atoms with Crippen LogP contribution in [-0.2, 0) is 10.5 Å². The second-order valence-electron chi connectivity index (χ2n) is 4.43. The molecular weight excluding hydrogens is 382 g/mol. The van der Waals surface area contributed by atoms with Crippen LogP contribution in [0.25, 0.3) is 0 Å². The lowest BCUT2D eigenvalue weighted by Crippen LogP contribution is -2.47. The maximum Gasteiger partial charge on any atom is 0.248 e. The first-order chi connectivity index (χ1) is 11.7. The lowest BCUT2D eigenvalue weighted by atomic mass is 10.2. The molecule has 128 valence electrons. The fourth-order valence-electron chi connectivity index (χ4n) is 1.53. The fourth-order valence-corrected chi connectivity index (χ4v) is 4.50. The molecule has 10 heteroatoms. The molecule has 0 atom stereocenters. The van der Waals surface area contributed by atoms with Crippen molar-refractivity contribution in [1.29, 1.82) is 0 Å². The Morgan fingerprint density at radius 3 is 2.58 bits per heavy atom. The molecule has 0 aliphatic rings. The number of amides is 1. The van der Waals surface area contributed by atoms with Gasteiger partial charge < -0.3 is 5.32 Å². The second-order valence-corrected chi connectivity index (χ2v) is 8.26. The third kappa shape index (κ3) is 7.04. The van der Waals surface area contributed by atoms with Gasteiger partial charge in [0.05, 0.1) is 5.75 Å². The Labute approximate surface area is 158 Å². The Morgan fingerprint density at radius 2 is 1.88 bits per heavy atom. The summed E-state index contributed by atoms with van der Waals surface area (Å²) in [7, 11) is 0. The van der Waals surface area contributed by atoms with E-state index in [0.29, 0.717) is 11.7 Å². The minimum absolute atomic E-state index is 0.172. The largest absolute Gasteiger partial charge is 0.362 e. The maximum absolute atomic E-state index is 11.7. The number of aromatic nitrogens is 2. The van der Waals surface area contributed by atoms with E-state index in [0.717, 1.165) is 14.4 Å². The normalized spacial score (nSPS) is 10.2. The van der Waals surface area contributed by atoms with Gasteiger partial charge in [-0.05, 0) is 24.7 Å². The first-order valence-corrected chi connectivity index (χ1v) is 10.3. The summed E-state index contributed by atoms with van der Waals surface area (Å²) < 4.78 is 1.67. The van der Waals surface area contributed by atoms with Crippen molar-refractivity contribution < 1.29 is 4.79 Å². The Kier molecular flexibility index (Phi) is 8.29. The number of thiocarbonyl (C=S) groups is 1. The maximum atomic E-state index is 11.7. The van der Waals surface area contributed by atoms with Gasteiger partial charge in [0.2, 0.25) is 5.91 Å². The van der Waals surface area contributed by atoms with Crippen molar-refractivity contribution in [3.05, 3.63) is 35.9 Å². The van der Waals surface area contributed by atoms with E-state index in [9.17, 15) is 4.79 Å². The van der Waals surface area contributed by atoms with Crippen LogP contribution in [0.3, 0.4) is 0 Å². The molecule has 0 saturated carbocycles. The summed E-state index contributed by atoms with van der Waals surface area (Å²) in [6, 6.07) is 10.2. The lowest BCUT2D eigenvalue weighted by Gasteiger charge is -2.09. The molecule has 2 rings (SSSR count). The summed E-state index contributed by atoms with van der Waals surface area (Å²) in [5, 5.41) is 11.5. The van der Waals surface area contributed by atoms with Gasteiger partial charge >= 0.3 is 0 Å². The smallest absolute Gasteiger partial charge is 0.248 e. The molecule has 0 saturated heterocycles. The monoisotopic (exact) mass is 399 g/mol. The van der Waals surface area contributed by atoms with E-state index in [1.54, 1.807) is 11.8 Å². The first kappa shape index (κ1) is 19.0. The summed E-state index contributed by atoms with van der Waals surface area (Å²) in [6.45, 7) is 2.62. The molecule has 0 unspecified atom stereocenters. The SMILES string of the molecule is CCNC(=S)NNC(=O)CSc1nnc(SCc2ccccc2)s1. The molecular formula is C14H17N5OS4. The molecule has 6 nitrogen and oxygen atoms in total. The molecule has 0 fully saturated rings. The molecule has 1 amide bonds. The van der Waals surface area contributed by atoms with Crippen molar-refractivity contribution in [3.63, 3.8) is 0 Å². The lowest BCUT2D eigenvalue weighted by molar-refractivity contribution is -0.119. The van der Waals surface area contributed by atoms with Gasteiger partial charge in [-0.25, -0.2) is 0 Å². The average Bonchev–Trinajstić information content (AvgIpc) is 3.05. The molecule has 0 bridgehead atoms. The van der Waals surface area contributed by atoms with Crippen LogP contribution in [0.2, 0.25) is 0 Å². The van der Waals surface area contributed by atoms with Crippen LogP contribution < -0.4 is 16.2 Å². The second kappa shape index (κ2) is 10.5. The third-order valence-electron chi connectivity index (χ3n) is 2.57. The predicted molar refractivity (Wildman–Crippen MR) is 104 cm³/mol. The Hall–Kier alpha value is -1.36. The number of rotatable bonds is 7. The van der Waals surface area contributed by atoms with Gasteiger partial charge in [0, 0.05) is 12.3 Å². The number of thioether (sulfide) groups is 2. The summed E-state index contributed by atoms with van der Waals surface area (Å²) >= 11 is 9.44. The highest BCUT2D eigenvalue weighted by Gasteiger charge is 2.09. The van der Waals surface area contributed by atoms with Crippen molar-refractivity contribution in [1.82, 2.24) is 26.4 Å². The molecule has 0 aliphatic carbocycles. The van der Waals surface area contributed by atoms with Gasteiger partial charge in [0.15, 0.2) is 13.8 Å². The molecule has 0 radical (unpaired) electrons. The minimum atomic E-state index is -0.172. The molecule has 1 aromatic carbocycles. The van der Waals surface area contributed by atoms with Crippen molar-refractivity contribution in [2.24, 2.45) is 0 Å². The Bertz CT molecular complexity index is 664. The minimum Gasteiger partial charge on any atom is -0.362 e. The molecule has 1 aromatic heterocycles. The molecule has 24 heavy (non-hydrogen) atoms. The number of hydrazine groups is 1. The Balaban J connectivity index is 1.69. The third-order valence-corrected chi connectivity index (χ3v) is 6.08.